The van der Waals surface area contributed by atoms with E-state index in [1.54, 1.807) is 0 Å². The molecule has 0 saturated carbocycles. The van der Waals surface area contributed by atoms with Crippen LogP contribution in [0.3, 0.4) is 0 Å². The number of amides is 2. The summed E-state index contributed by atoms with van der Waals surface area (Å²) < 4.78 is 4.97. The van der Waals surface area contributed by atoms with Gasteiger partial charge in [0.25, 0.3) is 11.8 Å². The molecule has 23 heavy (non-hydrogen) atoms. The summed E-state index contributed by atoms with van der Waals surface area (Å²) in [6, 6.07) is 7.52. The fourth-order valence-electron chi connectivity index (χ4n) is 1.37. The molecule has 0 aliphatic heterocycles. The Morgan fingerprint density at radius 2 is 1.43 bits per heavy atom. The summed E-state index contributed by atoms with van der Waals surface area (Å²) in [5, 5.41) is 11.4. The highest BCUT2D eigenvalue weighted by atomic mass is 32.1. The van der Waals surface area contributed by atoms with Gasteiger partial charge in [0.05, 0.1) is 12.4 Å². The van der Waals surface area contributed by atoms with E-state index in [1.807, 2.05) is 35.0 Å². The van der Waals surface area contributed by atoms with Crippen LogP contribution >= 0.6 is 22.7 Å². The van der Waals surface area contributed by atoms with Crippen LogP contribution in [0, 0.1) is 0 Å². The molecule has 0 unspecified atom stereocenters. The van der Waals surface area contributed by atoms with E-state index in [2.05, 4.69) is 21.1 Å². The van der Waals surface area contributed by atoms with Gasteiger partial charge in [0.1, 0.15) is 13.2 Å². The van der Waals surface area contributed by atoms with Crippen molar-refractivity contribution in [2.75, 3.05) is 13.2 Å². The predicted molar refractivity (Wildman–Crippen MR) is 90.9 cm³/mol. The molecule has 7 nitrogen and oxygen atoms in total. The second kappa shape index (κ2) is 9.62. The van der Waals surface area contributed by atoms with Crippen LogP contribution in [0.4, 0.5) is 0 Å². The minimum absolute atomic E-state index is 0.260. The van der Waals surface area contributed by atoms with Crippen molar-refractivity contribution in [3.8, 4) is 0 Å². The highest BCUT2D eigenvalue weighted by Crippen LogP contribution is 2.04. The number of carbonyl (C=O) groups excluding carboxylic acids is 2. The Kier molecular flexibility index (Phi) is 7.11. The van der Waals surface area contributed by atoms with Crippen LogP contribution in [0.2, 0.25) is 0 Å². The summed E-state index contributed by atoms with van der Waals surface area (Å²) >= 11 is 3.01. The maximum Gasteiger partial charge on any atom is 0.266 e. The van der Waals surface area contributed by atoms with E-state index >= 15 is 0 Å². The van der Waals surface area contributed by atoms with E-state index < -0.39 is 11.8 Å². The molecule has 0 spiro atoms. The molecule has 0 aliphatic rings. The fraction of sp³-hybridized carbons (Fsp3) is 0.143. The van der Waals surface area contributed by atoms with Crippen LogP contribution in [0.5, 0.6) is 0 Å². The zero-order valence-corrected chi connectivity index (χ0v) is 13.6. The molecule has 2 rings (SSSR count). The smallest absolute Gasteiger partial charge is 0.266 e. The molecule has 2 aromatic heterocycles. The third-order valence-electron chi connectivity index (χ3n) is 2.31. The Bertz CT molecular complexity index is 608. The first-order chi connectivity index (χ1) is 11.2. The van der Waals surface area contributed by atoms with Crippen LogP contribution in [0.15, 0.2) is 45.2 Å². The van der Waals surface area contributed by atoms with Crippen LogP contribution in [0.1, 0.15) is 9.75 Å². The van der Waals surface area contributed by atoms with E-state index in [0.717, 1.165) is 9.75 Å². The first-order valence-electron chi connectivity index (χ1n) is 6.52. The van der Waals surface area contributed by atoms with Gasteiger partial charge in [0.2, 0.25) is 0 Å². The standard InChI is InChI=1S/C14H14N4O3S2/c19-13(17-15-7-11-3-1-5-22-11)9-21-10-14(20)18-16-8-12-4-2-6-23-12/h1-8H,9-10H2,(H,17,19)(H,18,20). The van der Waals surface area contributed by atoms with Crippen molar-refractivity contribution >= 4 is 46.9 Å². The van der Waals surface area contributed by atoms with Crippen LogP contribution < -0.4 is 10.9 Å². The van der Waals surface area contributed by atoms with Gasteiger partial charge in [-0.15, -0.1) is 22.7 Å². The van der Waals surface area contributed by atoms with Gasteiger partial charge in [0, 0.05) is 9.75 Å². The van der Waals surface area contributed by atoms with Gasteiger partial charge in [-0.3, -0.25) is 9.59 Å². The second-order valence-electron chi connectivity index (χ2n) is 4.11. The van der Waals surface area contributed by atoms with Gasteiger partial charge < -0.3 is 4.74 Å². The molecule has 2 aromatic rings. The molecular formula is C14H14N4O3S2. The Morgan fingerprint density at radius 3 is 1.83 bits per heavy atom. The number of nitrogens with zero attached hydrogens (tertiary/aromatic N) is 2. The molecule has 120 valence electrons. The number of nitrogens with one attached hydrogen (secondary N) is 2. The summed E-state index contributed by atoms with van der Waals surface area (Å²) in [5.41, 5.74) is 4.62. The summed E-state index contributed by atoms with van der Waals surface area (Å²) in [7, 11) is 0. The third kappa shape index (κ3) is 6.96. The number of hydrazone groups is 2. The molecule has 0 atom stereocenters. The molecule has 0 bridgehead atoms. The highest BCUT2D eigenvalue weighted by Gasteiger charge is 2.03. The van der Waals surface area contributed by atoms with E-state index in [1.165, 1.54) is 35.1 Å². The number of rotatable bonds is 8. The van der Waals surface area contributed by atoms with Crippen molar-refractivity contribution in [3.05, 3.63) is 44.8 Å². The molecule has 2 heterocycles. The monoisotopic (exact) mass is 350 g/mol. The summed E-state index contributed by atoms with van der Waals surface area (Å²) in [6.07, 6.45) is 3.07. The predicted octanol–water partition coefficient (Wildman–Crippen LogP) is 1.43. The average Bonchev–Trinajstić information content (AvgIpc) is 3.20. The zero-order valence-electron chi connectivity index (χ0n) is 12.0. The van der Waals surface area contributed by atoms with E-state index in [9.17, 15) is 9.59 Å². The Labute approximate surface area is 140 Å². The van der Waals surface area contributed by atoms with Crippen LogP contribution in [0.25, 0.3) is 0 Å². The molecule has 0 radical (unpaired) electrons. The minimum atomic E-state index is -0.437. The largest absolute Gasteiger partial charge is 0.362 e. The van der Waals surface area contributed by atoms with Crippen molar-refractivity contribution in [1.29, 1.82) is 0 Å². The number of hydrogen-bond donors (Lipinski definition) is 2. The number of carbonyl (C=O) groups is 2. The molecule has 9 heteroatoms. The quantitative estimate of drug-likeness (QED) is 0.557. The summed E-state index contributed by atoms with van der Waals surface area (Å²) in [4.78, 5) is 24.7. The van der Waals surface area contributed by atoms with Crippen molar-refractivity contribution in [1.82, 2.24) is 10.9 Å². The molecule has 0 aromatic carbocycles. The molecule has 2 amide bonds. The molecular weight excluding hydrogens is 336 g/mol. The van der Waals surface area contributed by atoms with Crippen molar-refractivity contribution in [2.24, 2.45) is 10.2 Å². The molecule has 0 fully saturated rings. The molecule has 0 saturated heterocycles. The lowest BCUT2D eigenvalue weighted by molar-refractivity contribution is -0.130. The number of ether oxygens (including phenoxy) is 1. The Morgan fingerprint density at radius 1 is 0.957 bits per heavy atom. The Hall–Kier alpha value is -2.36. The maximum atomic E-state index is 11.4. The lowest BCUT2D eigenvalue weighted by atomic mass is 10.5. The number of thiophene rings is 2. The van der Waals surface area contributed by atoms with Gasteiger partial charge in [0.15, 0.2) is 0 Å². The van der Waals surface area contributed by atoms with Crippen molar-refractivity contribution in [2.45, 2.75) is 0 Å². The average molecular weight is 350 g/mol. The van der Waals surface area contributed by atoms with Gasteiger partial charge in [-0.05, 0) is 22.9 Å². The van der Waals surface area contributed by atoms with Gasteiger partial charge in [-0.2, -0.15) is 10.2 Å². The Balaban J connectivity index is 1.56. The van der Waals surface area contributed by atoms with Crippen LogP contribution in [-0.2, 0) is 14.3 Å². The zero-order chi connectivity index (χ0) is 16.3. The number of hydrogen-bond acceptors (Lipinski definition) is 7. The van der Waals surface area contributed by atoms with Gasteiger partial charge >= 0.3 is 0 Å². The molecule has 0 aliphatic carbocycles. The maximum absolute atomic E-state index is 11.4. The van der Waals surface area contributed by atoms with Gasteiger partial charge in [-0.1, -0.05) is 12.1 Å². The fourth-order valence-corrected chi connectivity index (χ4v) is 2.54. The van der Waals surface area contributed by atoms with E-state index in [-0.39, 0.29) is 13.2 Å². The van der Waals surface area contributed by atoms with Crippen LogP contribution in [-0.4, -0.2) is 37.5 Å². The molecule has 2 N–H and O–H groups in total. The SMILES string of the molecule is O=C(COCC(=O)NN=Cc1cccs1)NN=Cc1cccs1. The third-order valence-corrected chi connectivity index (χ3v) is 3.93. The first-order valence-corrected chi connectivity index (χ1v) is 8.28. The normalized spacial score (nSPS) is 11.1. The summed E-state index contributed by atoms with van der Waals surface area (Å²) in [6.45, 7) is -0.520. The second-order valence-corrected chi connectivity index (χ2v) is 6.07. The lowest BCUT2D eigenvalue weighted by Crippen LogP contribution is -2.28. The topological polar surface area (TPSA) is 92.2 Å². The van der Waals surface area contributed by atoms with E-state index in [4.69, 9.17) is 4.74 Å². The van der Waals surface area contributed by atoms with Gasteiger partial charge in [-0.25, -0.2) is 10.9 Å². The minimum Gasteiger partial charge on any atom is -0.362 e. The van der Waals surface area contributed by atoms with Crippen molar-refractivity contribution in [3.63, 3.8) is 0 Å². The summed E-state index contributed by atoms with van der Waals surface area (Å²) in [5.74, 6) is -0.875. The lowest BCUT2D eigenvalue weighted by Gasteiger charge is -2.01. The highest BCUT2D eigenvalue weighted by molar-refractivity contribution is 7.12. The first kappa shape index (κ1) is 17.0. The van der Waals surface area contributed by atoms with Crippen molar-refractivity contribution < 1.29 is 14.3 Å². The van der Waals surface area contributed by atoms with E-state index in [0.29, 0.717) is 0 Å².